The molecule has 0 unspecified atom stereocenters. The van der Waals surface area contributed by atoms with Crippen molar-refractivity contribution in [2.75, 3.05) is 4.72 Å². The van der Waals surface area contributed by atoms with Crippen molar-refractivity contribution in [1.29, 1.82) is 0 Å². The van der Waals surface area contributed by atoms with Crippen molar-refractivity contribution in [3.8, 4) is 22.6 Å². The molecule has 0 aliphatic carbocycles. The number of nitrogens with zero attached hydrogens (tertiary/aromatic N) is 5. The number of hydrogen-bond donors (Lipinski definition) is 1. The SMILES string of the molecule is Cc1cc(C)c(S(=O)(=O)Nc2cccc(-c3ccc4nnc(-c5ccncc5)n4n3)c2)c(C)c1. The molecule has 0 saturated heterocycles. The Bertz CT molecular complexity index is 1610. The smallest absolute Gasteiger partial charge is 0.262 e. The van der Waals surface area contributed by atoms with E-state index in [-0.39, 0.29) is 0 Å². The van der Waals surface area contributed by atoms with Crippen LogP contribution in [0.1, 0.15) is 16.7 Å². The highest BCUT2D eigenvalue weighted by molar-refractivity contribution is 7.92. The van der Waals surface area contributed by atoms with Gasteiger partial charge in [0.2, 0.25) is 0 Å². The number of sulfonamides is 1. The van der Waals surface area contributed by atoms with Gasteiger partial charge in [0.1, 0.15) is 0 Å². The number of nitrogens with one attached hydrogen (secondary N) is 1. The van der Waals surface area contributed by atoms with Gasteiger partial charge < -0.3 is 0 Å². The first-order valence-corrected chi connectivity index (χ1v) is 12.1. The molecule has 9 heteroatoms. The Morgan fingerprint density at radius 2 is 1.56 bits per heavy atom. The Morgan fingerprint density at radius 3 is 2.29 bits per heavy atom. The normalized spacial score (nSPS) is 11.6. The molecule has 0 saturated carbocycles. The standard InChI is InChI=1S/C25H22N6O2S/c1-16-13-17(2)24(18(3)14-16)34(32,33)30-21-6-4-5-20(15-21)22-7-8-23-27-28-25(31(23)29-22)19-9-11-26-12-10-19/h4-15,30H,1-3H3. The number of anilines is 1. The van der Waals surface area contributed by atoms with Crippen molar-refractivity contribution >= 4 is 21.4 Å². The lowest BCUT2D eigenvalue weighted by molar-refractivity contribution is 0.600. The third-order valence-corrected chi connectivity index (χ3v) is 7.17. The molecule has 0 fully saturated rings. The largest absolute Gasteiger partial charge is 0.280 e. The number of fused-ring (bicyclic) bond motifs is 1. The third-order valence-electron chi connectivity index (χ3n) is 5.49. The summed E-state index contributed by atoms with van der Waals surface area (Å²) in [4.78, 5) is 4.34. The molecular weight excluding hydrogens is 448 g/mol. The first-order chi connectivity index (χ1) is 16.3. The van der Waals surface area contributed by atoms with E-state index >= 15 is 0 Å². The Hall–Kier alpha value is -4.11. The van der Waals surface area contributed by atoms with Gasteiger partial charge in [-0.2, -0.15) is 9.61 Å². The molecule has 3 heterocycles. The zero-order valence-electron chi connectivity index (χ0n) is 18.9. The van der Waals surface area contributed by atoms with E-state index in [9.17, 15) is 8.42 Å². The lowest BCUT2D eigenvalue weighted by Gasteiger charge is -2.14. The van der Waals surface area contributed by atoms with Crippen molar-refractivity contribution in [3.63, 3.8) is 0 Å². The zero-order valence-corrected chi connectivity index (χ0v) is 19.7. The second-order valence-corrected chi connectivity index (χ2v) is 9.78. The summed E-state index contributed by atoms with van der Waals surface area (Å²) in [5.41, 5.74) is 5.78. The molecule has 8 nitrogen and oxygen atoms in total. The molecule has 5 aromatic rings. The highest BCUT2D eigenvalue weighted by Crippen LogP contribution is 2.27. The Morgan fingerprint density at radius 1 is 0.824 bits per heavy atom. The first-order valence-electron chi connectivity index (χ1n) is 10.7. The average Bonchev–Trinajstić information content (AvgIpc) is 3.22. The maximum Gasteiger partial charge on any atom is 0.262 e. The van der Waals surface area contributed by atoms with Crippen LogP contribution in [0.5, 0.6) is 0 Å². The molecule has 170 valence electrons. The van der Waals surface area contributed by atoms with E-state index in [1.54, 1.807) is 35.1 Å². The van der Waals surface area contributed by atoms with E-state index in [1.807, 2.05) is 63.2 Å². The van der Waals surface area contributed by atoms with E-state index in [0.717, 1.165) is 16.7 Å². The van der Waals surface area contributed by atoms with Gasteiger partial charge in [-0.25, -0.2) is 8.42 Å². The summed E-state index contributed by atoms with van der Waals surface area (Å²) in [5, 5.41) is 13.2. The lowest BCUT2D eigenvalue weighted by atomic mass is 10.1. The van der Waals surface area contributed by atoms with Gasteiger partial charge in [0, 0.05) is 29.2 Å². The van der Waals surface area contributed by atoms with Gasteiger partial charge >= 0.3 is 0 Å². The number of benzene rings is 2. The van der Waals surface area contributed by atoms with Crippen LogP contribution >= 0.6 is 0 Å². The zero-order chi connectivity index (χ0) is 23.9. The third kappa shape index (κ3) is 4.01. The Labute approximate surface area is 197 Å². The minimum Gasteiger partial charge on any atom is -0.280 e. The summed E-state index contributed by atoms with van der Waals surface area (Å²) < 4.78 is 30.8. The van der Waals surface area contributed by atoms with Crippen molar-refractivity contribution < 1.29 is 8.42 Å². The lowest BCUT2D eigenvalue weighted by Crippen LogP contribution is -2.16. The number of aryl methyl sites for hydroxylation is 3. The summed E-state index contributed by atoms with van der Waals surface area (Å²) >= 11 is 0. The van der Waals surface area contributed by atoms with Crippen LogP contribution in [0.2, 0.25) is 0 Å². The molecule has 0 spiro atoms. The molecular formula is C25H22N6O2S. The van der Waals surface area contributed by atoms with Crippen LogP contribution in [-0.2, 0) is 10.0 Å². The predicted molar refractivity (Wildman–Crippen MR) is 131 cm³/mol. The summed E-state index contributed by atoms with van der Waals surface area (Å²) in [6.07, 6.45) is 3.38. The highest BCUT2D eigenvalue weighted by atomic mass is 32.2. The quantitative estimate of drug-likeness (QED) is 0.403. The number of hydrogen-bond acceptors (Lipinski definition) is 6. The molecule has 1 N–H and O–H groups in total. The first kappa shape index (κ1) is 21.7. The highest BCUT2D eigenvalue weighted by Gasteiger charge is 2.20. The summed E-state index contributed by atoms with van der Waals surface area (Å²) in [7, 11) is -3.76. The van der Waals surface area contributed by atoms with Crippen molar-refractivity contribution in [2.24, 2.45) is 0 Å². The van der Waals surface area contributed by atoms with E-state index in [4.69, 9.17) is 5.10 Å². The maximum atomic E-state index is 13.2. The van der Waals surface area contributed by atoms with Crippen LogP contribution in [-0.4, -0.2) is 33.2 Å². The predicted octanol–water partition coefficient (Wildman–Crippen LogP) is 4.58. The van der Waals surface area contributed by atoms with Crippen molar-refractivity contribution in [3.05, 3.63) is 89.7 Å². The second-order valence-electron chi connectivity index (χ2n) is 8.16. The van der Waals surface area contributed by atoms with Crippen LogP contribution < -0.4 is 4.72 Å². The second kappa shape index (κ2) is 8.35. The molecule has 0 aliphatic heterocycles. The van der Waals surface area contributed by atoms with Gasteiger partial charge in [0.05, 0.1) is 10.6 Å². The Kier molecular flexibility index (Phi) is 5.33. The maximum absolute atomic E-state index is 13.2. The van der Waals surface area contributed by atoms with E-state index < -0.39 is 10.0 Å². The molecule has 0 amide bonds. The van der Waals surface area contributed by atoms with Gasteiger partial charge in [-0.15, -0.1) is 10.2 Å². The fraction of sp³-hybridized carbons (Fsp3) is 0.120. The molecule has 34 heavy (non-hydrogen) atoms. The van der Waals surface area contributed by atoms with Crippen LogP contribution in [0.25, 0.3) is 28.3 Å². The van der Waals surface area contributed by atoms with Gasteiger partial charge in [-0.3, -0.25) is 9.71 Å². The minimum atomic E-state index is -3.76. The van der Waals surface area contributed by atoms with Gasteiger partial charge in [0.25, 0.3) is 10.0 Å². The average molecular weight is 471 g/mol. The summed E-state index contributed by atoms with van der Waals surface area (Å²) in [6, 6.07) is 18.3. The van der Waals surface area contributed by atoms with Crippen LogP contribution in [0.15, 0.2) is 78.0 Å². The minimum absolute atomic E-state index is 0.300. The fourth-order valence-corrected chi connectivity index (χ4v) is 5.67. The molecule has 2 aromatic carbocycles. The van der Waals surface area contributed by atoms with Crippen LogP contribution in [0.4, 0.5) is 5.69 Å². The Balaban J connectivity index is 1.51. The van der Waals surface area contributed by atoms with Crippen molar-refractivity contribution in [2.45, 2.75) is 25.7 Å². The van der Waals surface area contributed by atoms with Crippen LogP contribution in [0, 0.1) is 20.8 Å². The van der Waals surface area contributed by atoms with Gasteiger partial charge in [-0.05, 0) is 68.3 Å². The molecule has 0 atom stereocenters. The fourth-order valence-electron chi connectivity index (χ4n) is 4.16. The monoisotopic (exact) mass is 470 g/mol. The molecule has 0 bridgehead atoms. The number of pyridine rings is 1. The van der Waals surface area contributed by atoms with Crippen molar-refractivity contribution in [1.82, 2.24) is 24.8 Å². The number of aromatic nitrogens is 5. The molecule has 3 aromatic heterocycles. The van der Waals surface area contributed by atoms with E-state index in [1.165, 1.54) is 0 Å². The van der Waals surface area contributed by atoms with E-state index in [0.29, 0.717) is 38.9 Å². The molecule has 0 radical (unpaired) electrons. The van der Waals surface area contributed by atoms with Gasteiger partial charge in [0.15, 0.2) is 11.5 Å². The van der Waals surface area contributed by atoms with Crippen LogP contribution in [0.3, 0.4) is 0 Å². The van der Waals surface area contributed by atoms with E-state index in [2.05, 4.69) is 19.9 Å². The van der Waals surface area contributed by atoms with Gasteiger partial charge in [-0.1, -0.05) is 29.8 Å². The molecule has 0 aliphatic rings. The topological polar surface area (TPSA) is 102 Å². The number of rotatable bonds is 5. The molecule has 5 rings (SSSR count). The summed E-state index contributed by atoms with van der Waals surface area (Å²) in [5.74, 6) is 0.599. The summed E-state index contributed by atoms with van der Waals surface area (Å²) in [6.45, 7) is 5.57.